The van der Waals surface area contributed by atoms with E-state index in [0.29, 0.717) is 11.3 Å². The van der Waals surface area contributed by atoms with Gasteiger partial charge >= 0.3 is 0 Å². The Labute approximate surface area is 133 Å². The van der Waals surface area contributed by atoms with Gasteiger partial charge < -0.3 is 9.52 Å². The summed E-state index contributed by atoms with van der Waals surface area (Å²) in [5.41, 5.74) is -0.841. The number of aromatic nitrogens is 2. The van der Waals surface area contributed by atoms with E-state index in [-0.39, 0.29) is 11.4 Å². The average Bonchev–Trinajstić information content (AvgIpc) is 3.12. The number of rotatable bonds is 5. The van der Waals surface area contributed by atoms with Gasteiger partial charge in [-0.1, -0.05) is 18.2 Å². The second kappa shape index (κ2) is 5.48. The number of hydrogen-bond acceptors (Lipinski definition) is 5. The first-order valence-electron chi connectivity index (χ1n) is 6.98. The Morgan fingerprint density at radius 3 is 2.78 bits per heavy atom. The van der Waals surface area contributed by atoms with Crippen LogP contribution >= 0.6 is 0 Å². The summed E-state index contributed by atoms with van der Waals surface area (Å²) >= 11 is 0. The molecule has 7 nitrogen and oxygen atoms in total. The van der Waals surface area contributed by atoms with Crippen molar-refractivity contribution >= 4 is 21.0 Å². The standard InChI is InChI=1S/C15H17N3O4S/c1-15(19,14-7-11-5-3-4-6-13(11)22-14)10-17-23(20,21)12-8-16-18(2)9-12/h3-9,17,19H,10H2,1-2H3/t15-/m1/s1. The maximum atomic E-state index is 12.2. The maximum absolute atomic E-state index is 12.2. The fourth-order valence-corrected chi connectivity index (χ4v) is 3.31. The van der Waals surface area contributed by atoms with Gasteiger partial charge in [-0.25, -0.2) is 13.1 Å². The van der Waals surface area contributed by atoms with Crippen molar-refractivity contribution in [2.45, 2.75) is 17.4 Å². The van der Waals surface area contributed by atoms with Crippen molar-refractivity contribution in [2.24, 2.45) is 7.05 Å². The minimum Gasteiger partial charge on any atom is -0.458 e. The molecule has 0 aliphatic rings. The number of sulfonamides is 1. The van der Waals surface area contributed by atoms with Crippen molar-refractivity contribution in [1.82, 2.24) is 14.5 Å². The highest BCUT2D eigenvalue weighted by Crippen LogP contribution is 2.27. The number of furan rings is 1. The van der Waals surface area contributed by atoms with Crippen LogP contribution in [0.25, 0.3) is 11.0 Å². The topological polar surface area (TPSA) is 97.4 Å². The molecule has 2 N–H and O–H groups in total. The van der Waals surface area contributed by atoms with Gasteiger partial charge in [-0.15, -0.1) is 0 Å². The molecule has 1 atom stereocenters. The predicted octanol–water partition coefficient (Wildman–Crippen LogP) is 1.35. The molecular weight excluding hydrogens is 318 g/mol. The molecule has 0 saturated heterocycles. The van der Waals surface area contributed by atoms with Crippen molar-refractivity contribution in [1.29, 1.82) is 0 Å². The van der Waals surface area contributed by atoms with Crippen LogP contribution in [-0.2, 0) is 22.7 Å². The zero-order valence-electron chi connectivity index (χ0n) is 12.7. The molecule has 1 aromatic carbocycles. The van der Waals surface area contributed by atoms with Crippen molar-refractivity contribution in [3.63, 3.8) is 0 Å². The van der Waals surface area contributed by atoms with E-state index in [4.69, 9.17) is 4.42 Å². The van der Waals surface area contributed by atoms with Crippen LogP contribution in [0.3, 0.4) is 0 Å². The molecular formula is C15H17N3O4S. The molecule has 0 saturated carbocycles. The van der Waals surface area contributed by atoms with E-state index in [2.05, 4.69) is 9.82 Å². The first-order chi connectivity index (χ1) is 10.8. The van der Waals surface area contributed by atoms with Gasteiger partial charge in [0.15, 0.2) is 0 Å². The third-order valence-corrected chi connectivity index (χ3v) is 4.91. The summed E-state index contributed by atoms with van der Waals surface area (Å²) in [4.78, 5) is 0.0420. The lowest BCUT2D eigenvalue weighted by atomic mass is 10.0. The summed E-state index contributed by atoms with van der Waals surface area (Å²) in [6, 6.07) is 9.04. The van der Waals surface area contributed by atoms with Gasteiger partial charge in [-0.2, -0.15) is 5.10 Å². The largest absolute Gasteiger partial charge is 0.458 e. The van der Waals surface area contributed by atoms with E-state index in [9.17, 15) is 13.5 Å². The summed E-state index contributed by atoms with van der Waals surface area (Å²) < 4.78 is 33.8. The summed E-state index contributed by atoms with van der Waals surface area (Å²) in [5, 5.41) is 15.2. The van der Waals surface area contributed by atoms with Gasteiger partial charge in [-0.3, -0.25) is 4.68 Å². The quantitative estimate of drug-likeness (QED) is 0.733. The first-order valence-corrected chi connectivity index (χ1v) is 8.46. The highest BCUT2D eigenvalue weighted by Gasteiger charge is 2.30. The molecule has 8 heteroatoms. The van der Waals surface area contributed by atoms with Crippen molar-refractivity contribution in [3.05, 3.63) is 48.5 Å². The number of aliphatic hydroxyl groups is 1. The number of nitrogens with zero attached hydrogens (tertiary/aromatic N) is 2. The van der Waals surface area contributed by atoms with E-state index in [1.165, 1.54) is 24.0 Å². The van der Waals surface area contributed by atoms with Crippen LogP contribution in [0.4, 0.5) is 0 Å². The van der Waals surface area contributed by atoms with Crippen LogP contribution in [0.5, 0.6) is 0 Å². The molecule has 122 valence electrons. The monoisotopic (exact) mass is 335 g/mol. The molecule has 0 amide bonds. The Hall–Kier alpha value is -2.16. The van der Waals surface area contributed by atoms with E-state index >= 15 is 0 Å². The molecule has 0 bridgehead atoms. The third kappa shape index (κ3) is 3.14. The van der Waals surface area contributed by atoms with Gasteiger partial charge in [0.2, 0.25) is 10.0 Å². The Bertz CT molecular complexity index is 907. The second-order valence-corrected chi connectivity index (χ2v) is 7.36. The predicted molar refractivity (Wildman–Crippen MR) is 84.2 cm³/mol. The number of hydrogen-bond donors (Lipinski definition) is 2. The zero-order valence-corrected chi connectivity index (χ0v) is 13.5. The van der Waals surface area contributed by atoms with Crippen LogP contribution < -0.4 is 4.72 Å². The molecule has 0 radical (unpaired) electrons. The minimum absolute atomic E-state index is 0.0420. The van der Waals surface area contributed by atoms with E-state index in [1.807, 2.05) is 18.2 Å². The highest BCUT2D eigenvalue weighted by molar-refractivity contribution is 7.89. The van der Waals surface area contributed by atoms with Crippen LogP contribution in [-0.4, -0.2) is 29.8 Å². The molecule has 0 aliphatic carbocycles. The molecule has 0 fully saturated rings. The highest BCUT2D eigenvalue weighted by atomic mass is 32.2. The number of para-hydroxylation sites is 1. The Kier molecular flexibility index (Phi) is 3.75. The number of nitrogens with one attached hydrogen (secondary N) is 1. The van der Waals surface area contributed by atoms with E-state index in [1.54, 1.807) is 19.2 Å². The lowest BCUT2D eigenvalue weighted by molar-refractivity contribution is 0.0412. The zero-order chi connectivity index (χ0) is 16.7. The van der Waals surface area contributed by atoms with Gasteiger partial charge in [0.25, 0.3) is 0 Å². The molecule has 3 rings (SSSR count). The lowest BCUT2D eigenvalue weighted by Crippen LogP contribution is -2.38. The van der Waals surface area contributed by atoms with Crippen LogP contribution in [0.1, 0.15) is 12.7 Å². The van der Waals surface area contributed by atoms with E-state index in [0.717, 1.165) is 5.39 Å². The summed E-state index contributed by atoms with van der Waals surface area (Å²) in [6.45, 7) is 1.28. The van der Waals surface area contributed by atoms with Gasteiger partial charge in [-0.05, 0) is 19.1 Å². The summed E-state index contributed by atoms with van der Waals surface area (Å²) in [6.07, 6.45) is 2.64. The lowest BCUT2D eigenvalue weighted by Gasteiger charge is -2.20. The first kappa shape index (κ1) is 15.7. The van der Waals surface area contributed by atoms with Gasteiger partial charge in [0, 0.05) is 25.2 Å². The van der Waals surface area contributed by atoms with Crippen molar-refractivity contribution in [3.8, 4) is 0 Å². The van der Waals surface area contributed by atoms with Gasteiger partial charge in [0.05, 0.1) is 6.20 Å². The smallest absolute Gasteiger partial charge is 0.243 e. The molecule has 0 aliphatic heterocycles. The molecule has 23 heavy (non-hydrogen) atoms. The normalized spacial score (nSPS) is 14.9. The fraction of sp³-hybridized carbons (Fsp3) is 0.267. The Morgan fingerprint density at radius 2 is 2.13 bits per heavy atom. The van der Waals surface area contributed by atoms with Crippen LogP contribution in [0.15, 0.2) is 52.0 Å². The second-order valence-electron chi connectivity index (χ2n) is 5.60. The summed E-state index contributed by atoms with van der Waals surface area (Å²) in [5.74, 6) is 0.299. The average molecular weight is 335 g/mol. The SMILES string of the molecule is Cn1cc(S(=O)(=O)NC[C@@](C)(O)c2cc3ccccc3o2)cn1. The molecule has 2 heterocycles. The molecule has 0 unspecified atom stereocenters. The number of fused-ring (bicyclic) bond motifs is 1. The third-order valence-electron chi connectivity index (χ3n) is 3.55. The molecule has 2 aromatic heterocycles. The van der Waals surface area contributed by atoms with Crippen LogP contribution in [0, 0.1) is 0 Å². The maximum Gasteiger partial charge on any atom is 0.243 e. The number of benzene rings is 1. The minimum atomic E-state index is -3.75. The Balaban J connectivity index is 1.80. The Morgan fingerprint density at radius 1 is 1.39 bits per heavy atom. The van der Waals surface area contributed by atoms with Crippen molar-refractivity contribution < 1.29 is 17.9 Å². The molecule has 0 spiro atoms. The fourth-order valence-electron chi connectivity index (χ4n) is 2.19. The van der Waals surface area contributed by atoms with Gasteiger partial charge in [0.1, 0.15) is 21.8 Å². The van der Waals surface area contributed by atoms with Crippen LogP contribution in [0.2, 0.25) is 0 Å². The van der Waals surface area contributed by atoms with E-state index < -0.39 is 15.6 Å². The summed E-state index contributed by atoms with van der Waals surface area (Å²) in [7, 11) is -2.12. The van der Waals surface area contributed by atoms with Crippen molar-refractivity contribution in [2.75, 3.05) is 6.54 Å². The number of aryl methyl sites for hydroxylation is 1. The molecule has 3 aromatic rings.